The molecule has 0 unspecified atom stereocenters. The number of rotatable bonds is 6. The fourth-order valence-electron chi connectivity index (χ4n) is 4.14. The highest BCUT2D eigenvalue weighted by Gasteiger charge is 2.39. The number of halogens is 5. The van der Waals surface area contributed by atoms with E-state index >= 15 is 0 Å². The van der Waals surface area contributed by atoms with Crippen molar-refractivity contribution < 1.29 is 27.6 Å². The van der Waals surface area contributed by atoms with E-state index in [0.717, 1.165) is 11.0 Å². The van der Waals surface area contributed by atoms with Gasteiger partial charge in [0.15, 0.2) is 0 Å². The summed E-state index contributed by atoms with van der Waals surface area (Å²) >= 11 is 8.83. The van der Waals surface area contributed by atoms with Crippen LogP contribution in [0.2, 0.25) is 5.02 Å². The van der Waals surface area contributed by atoms with Crippen LogP contribution < -0.4 is 11.1 Å². The zero-order valence-corrected chi connectivity index (χ0v) is 20.4. The smallest absolute Gasteiger partial charge is 0.250 e. The Labute approximate surface area is 211 Å². The molecule has 2 atom stereocenters. The van der Waals surface area contributed by atoms with Crippen molar-refractivity contribution in [2.24, 2.45) is 5.73 Å². The van der Waals surface area contributed by atoms with Crippen molar-refractivity contribution in [3.05, 3.63) is 68.8 Å². The molecule has 1 aliphatic heterocycles. The van der Waals surface area contributed by atoms with E-state index in [1.807, 2.05) is 0 Å². The Bertz CT molecular complexity index is 1350. The number of carbonyl (C=O) groups is 3. The molecule has 3 aromatic rings. The fraction of sp³-hybridized carbons (Fsp3) is 0.261. The maximum Gasteiger partial charge on any atom is 0.250 e. The van der Waals surface area contributed by atoms with E-state index in [2.05, 4.69) is 21.2 Å². The number of hydrogen-bond acceptors (Lipinski definition) is 3. The molecule has 2 aromatic carbocycles. The third-order valence-corrected chi connectivity index (χ3v) is 6.75. The third kappa shape index (κ3) is 5.01. The zero-order valence-electron chi connectivity index (χ0n) is 18.0. The van der Waals surface area contributed by atoms with Crippen molar-refractivity contribution in [3.63, 3.8) is 0 Å². The van der Waals surface area contributed by atoms with Crippen LogP contribution in [0.15, 0.2) is 41.0 Å². The van der Waals surface area contributed by atoms with Gasteiger partial charge in [0, 0.05) is 30.1 Å². The number of nitrogens with one attached hydrogen (secondary N) is 1. The standard InChI is InChI=1S/C23H19BrClF3N4O3/c24-15-6-18-13(5-17(15)27)14(22(29)34)9-31(18)10-20(33)32-8-12(26)4-19(32)23(35)30-7-11-2-1-3-16(25)21(11)28/h1-3,5-6,9,12,19H,4,7-8,10H2,(H2,29,34)(H,30,35)/t12-,19+/m1/s1. The minimum atomic E-state index is -1.43. The predicted molar refractivity (Wildman–Crippen MR) is 126 cm³/mol. The second-order valence-electron chi connectivity index (χ2n) is 8.14. The Morgan fingerprint density at radius 3 is 2.69 bits per heavy atom. The van der Waals surface area contributed by atoms with E-state index in [-0.39, 0.29) is 52.1 Å². The number of benzene rings is 2. The number of likely N-dealkylation sites (tertiary alicyclic amines) is 1. The average Bonchev–Trinajstić information content (AvgIpc) is 3.36. The van der Waals surface area contributed by atoms with Crippen molar-refractivity contribution in [1.82, 2.24) is 14.8 Å². The molecule has 0 radical (unpaired) electrons. The molecular formula is C23H19BrClF3N4O3. The summed E-state index contributed by atoms with van der Waals surface area (Å²) in [5, 5.41) is 2.64. The van der Waals surface area contributed by atoms with Crippen LogP contribution in [0.5, 0.6) is 0 Å². The van der Waals surface area contributed by atoms with Crippen molar-refractivity contribution in [2.45, 2.75) is 31.7 Å². The lowest BCUT2D eigenvalue weighted by Gasteiger charge is -2.24. The Kier molecular flexibility index (Phi) is 7.09. The van der Waals surface area contributed by atoms with Crippen LogP contribution in [-0.2, 0) is 22.7 Å². The number of alkyl halides is 1. The van der Waals surface area contributed by atoms with Crippen molar-refractivity contribution in [2.75, 3.05) is 6.54 Å². The molecule has 3 N–H and O–H groups in total. The van der Waals surface area contributed by atoms with Crippen LogP contribution in [0.1, 0.15) is 22.3 Å². The first-order valence-corrected chi connectivity index (χ1v) is 11.7. The van der Waals surface area contributed by atoms with Gasteiger partial charge < -0.3 is 20.5 Å². The van der Waals surface area contributed by atoms with Gasteiger partial charge in [-0.2, -0.15) is 0 Å². The van der Waals surface area contributed by atoms with E-state index in [9.17, 15) is 27.6 Å². The van der Waals surface area contributed by atoms with Gasteiger partial charge >= 0.3 is 0 Å². The maximum atomic E-state index is 14.3. The summed E-state index contributed by atoms with van der Waals surface area (Å²) in [4.78, 5) is 38.8. The molecule has 7 nitrogen and oxygen atoms in total. The molecular weight excluding hydrogens is 553 g/mol. The van der Waals surface area contributed by atoms with Crippen molar-refractivity contribution >= 4 is 56.2 Å². The molecule has 4 rings (SSSR count). The van der Waals surface area contributed by atoms with Gasteiger partial charge in [-0.1, -0.05) is 23.7 Å². The SMILES string of the molecule is NC(=O)c1cn(CC(=O)N2C[C@H](F)C[C@H]2C(=O)NCc2cccc(Cl)c2F)c2cc(Br)c(F)cc12. The lowest BCUT2D eigenvalue weighted by atomic mass is 10.1. The first kappa shape index (κ1) is 25.1. The van der Waals surface area contributed by atoms with Gasteiger partial charge in [-0.25, -0.2) is 13.2 Å². The molecule has 0 spiro atoms. The van der Waals surface area contributed by atoms with Gasteiger partial charge in [-0.3, -0.25) is 14.4 Å². The molecule has 35 heavy (non-hydrogen) atoms. The third-order valence-electron chi connectivity index (χ3n) is 5.85. The Balaban J connectivity index is 1.54. The molecule has 184 valence electrons. The molecule has 0 aliphatic carbocycles. The number of aromatic nitrogens is 1. The number of amides is 3. The molecule has 3 amide bonds. The lowest BCUT2D eigenvalue weighted by Crippen LogP contribution is -2.46. The molecule has 0 bridgehead atoms. The number of fused-ring (bicyclic) bond motifs is 1. The molecule has 12 heteroatoms. The van der Waals surface area contributed by atoms with Crippen LogP contribution in [0.3, 0.4) is 0 Å². The number of nitrogens with two attached hydrogens (primary N) is 1. The molecule has 1 aromatic heterocycles. The van der Waals surface area contributed by atoms with E-state index in [4.69, 9.17) is 17.3 Å². The summed E-state index contributed by atoms with van der Waals surface area (Å²) in [6, 6.07) is 5.76. The predicted octanol–water partition coefficient (Wildman–Crippen LogP) is 3.69. The molecule has 1 fully saturated rings. The van der Waals surface area contributed by atoms with Crippen LogP contribution in [0, 0.1) is 11.6 Å². The van der Waals surface area contributed by atoms with Crippen LogP contribution >= 0.6 is 27.5 Å². The number of carbonyl (C=O) groups excluding carboxylic acids is 3. The number of hydrogen-bond donors (Lipinski definition) is 2. The van der Waals surface area contributed by atoms with Gasteiger partial charge in [-0.05, 0) is 34.1 Å². The largest absolute Gasteiger partial charge is 0.366 e. The normalized spacial score (nSPS) is 17.7. The highest BCUT2D eigenvalue weighted by atomic mass is 79.9. The number of nitrogens with zero attached hydrogens (tertiary/aromatic N) is 2. The summed E-state index contributed by atoms with van der Waals surface area (Å²) in [6.07, 6.45) is -0.328. The first-order valence-electron chi connectivity index (χ1n) is 10.5. The van der Waals surface area contributed by atoms with Crippen molar-refractivity contribution in [1.29, 1.82) is 0 Å². The second kappa shape index (κ2) is 9.90. The topological polar surface area (TPSA) is 97.4 Å². The minimum Gasteiger partial charge on any atom is -0.366 e. The molecule has 1 saturated heterocycles. The quantitative estimate of drug-likeness (QED) is 0.472. The Morgan fingerprint density at radius 2 is 1.97 bits per heavy atom. The first-order chi connectivity index (χ1) is 16.6. The summed E-state index contributed by atoms with van der Waals surface area (Å²) < 4.78 is 43.9. The highest BCUT2D eigenvalue weighted by Crippen LogP contribution is 2.29. The van der Waals surface area contributed by atoms with Gasteiger partial charge in [-0.15, -0.1) is 0 Å². The van der Waals surface area contributed by atoms with Gasteiger partial charge in [0.1, 0.15) is 30.4 Å². The van der Waals surface area contributed by atoms with Crippen LogP contribution in [0.4, 0.5) is 13.2 Å². The second-order valence-corrected chi connectivity index (χ2v) is 9.41. The van der Waals surface area contributed by atoms with E-state index in [1.165, 1.54) is 35.0 Å². The van der Waals surface area contributed by atoms with E-state index in [0.29, 0.717) is 5.52 Å². The maximum absolute atomic E-state index is 14.3. The molecule has 2 heterocycles. The minimum absolute atomic E-state index is 0.0156. The molecule has 1 aliphatic rings. The van der Waals surface area contributed by atoms with Crippen molar-refractivity contribution in [3.8, 4) is 0 Å². The zero-order chi connectivity index (χ0) is 25.4. The van der Waals surface area contributed by atoms with E-state index in [1.54, 1.807) is 0 Å². The lowest BCUT2D eigenvalue weighted by molar-refractivity contribution is -0.139. The van der Waals surface area contributed by atoms with E-state index < -0.39 is 41.6 Å². The monoisotopic (exact) mass is 570 g/mol. The summed E-state index contributed by atoms with van der Waals surface area (Å²) in [6.45, 7) is -0.839. The summed E-state index contributed by atoms with van der Waals surface area (Å²) in [5.74, 6) is -3.33. The summed E-state index contributed by atoms with van der Waals surface area (Å²) in [7, 11) is 0. The average molecular weight is 572 g/mol. The Hall–Kier alpha value is -3.05. The van der Waals surface area contributed by atoms with Gasteiger partial charge in [0.25, 0.3) is 5.91 Å². The highest BCUT2D eigenvalue weighted by molar-refractivity contribution is 9.10. The van der Waals surface area contributed by atoms with Crippen LogP contribution in [0.25, 0.3) is 10.9 Å². The molecule has 0 saturated carbocycles. The Morgan fingerprint density at radius 1 is 1.23 bits per heavy atom. The van der Waals surface area contributed by atoms with Gasteiger partial charge in [0.05, 0.1) is 27.1 Å². The summed E-state index contributed by atoms with van der Waals surface area (Å²) in [5.41, 5.74) is 5.91. The fourth-order valence-corrected chi connectivity index (χ4v) is 4.67. The number of primary amides is 1. The van der Waals surface area contributed by atoms with Crippen LogP contribution in [-0.4, -0.2) is 45.9 Å². The van der Waals surface area contributed by atoms with Gasteiger partial charge in [0.2, 0.25) is 11.8 Å².